The molecule has 0 aliphatic heterocycles. The van der Waals surface area contributed by atoms with E-state index in [-0.39, 0.29) is 11.8 Å². The van der Waals surface area contributed by atoms with Gasteiger partial charge in [-0.3, -0.25) is 4.79 Å². The first kappa shape index (κ1) is 15.9. The summed E-state index contributed by atoms with van der Waals surface area (Å²) in [6.45, 7) is 4.21. The van der Waals surface area contributed by atoms with E-state index in [0.717, 1.165) is 42.7 Å². The normalized spacial score (nSPS) is 16.6. The molecule has 1 N–H and O–H groups in total. The van der Waals surface area contributed by atoms with Crippen LogP contribution in [0.3, 0.4) is 0 Å². The molecule has 4 rings (SSSR count). The molecule has 1 amide bonds. The third kappa shape index (κ3) is 3.04. The van der Waals surface area contributed by atoms with E-state index in [1.165, 1.54) is 16.8 Å². The molecule has 0 saturated carbocycles. The molecule has 0 fully saturated rings. The van der Waals surface area contributed by atoms with E-state index in [2.05, 4.69) is 54.0 Å². The van der Waals surface area contributed by atoms with Gasteiger partial charge >= 0.3 is 0 Å². The first-order chi connectivity index (χ1) is 12.1. The summed E-state index contributed by atoms with van der Waals surface area (Å²) in [4.78, 5) is 17.4. The Morgan fingerprint density at radius 1 is 1.24 bits per heavy atom. The number of fused-ring (bicyclic) bond motifs is 3. The Kier molecular flexibility index (Phi) is 4.04. The second-order valence-corrected chi connectivity index (χ2v) is 6.92. The zero-order valence-electron chi connectivity index (χ0n) is 14.7. The first-order valence-electron chi connectivity index (χ1n) is 9.00. The van der Waals surface area contributed by atoms with Crippen LogP contribution in [-0.2, 0) is 24.1 Å². The number of hydrogen-bond donors (Lipinski definition) is 1. The predicted molar refractivity (Wildman–Crippen MR) is 99.9 cm³/mol. The largest absolute Gasteiger partial charge is 0.326 e. The van der Waals surface area contributed by atoms with Crippen molar-refractivity contribution in [2.45, 2.75) is 39.5 Å². The van der Waals surface area contributed by atoms with Gasteiger partial charge in [-0.1, -0.05) is 25.1 Å². The molecule has 1 aliphatic rings. The molecule has 1 aromatic carbocycles. The lowest BCUT2D eigenvalue weighted by Gasteiger charge is -2.21. The second-order valence-electron chi connectivity index (χ2n) is 6.92. The van der Waals surface area contributed by atoms with Crippen LogP contribution in [0.15, 0.2) is 42.6 Å². The van der Waals surface area contributed by atoms with Gasteiger partial charge in [0.2, 0.25) is 5.91 Å². The first-order valence-corrected chi connectivity index (χ1v) is 9.00. The smallest absolute Gasteiger partial charge is 0.227 e. The van der Waals surface area contributed by atoms with Gasteiger partial charge in [-0.15, -0.1) is 0 Å². The van der Waals surface area contributed by atoms with Gasteiger partial charge in [0.25, 0.3) is 0 Å². The zero-order valence-corrected chi connectivity index (χ0v) is 14.7. The maximum Gasteiger partial charge on any atom is 0.227 e. The second kappa shape index (κ2) is 6.36. The number of carbonyl (C=O) groups excluding carboxylic acids is 1. The van der Waals surface area contributed by atoms with Crippen molar-refractivity contribution in [1.82, 2.24) is 9.38 Å². The molecule has 128 valence electrons. The summed E-state index contributed by atoms with van der Waals surface area (Å²) < 4.78 is 2.15. The van der Waals surface area contributed by atoms with E-state index in [1.54, 1.807) is 0 Å². The quantitative estimate of drug-likeness (QED) is 0.789. The molecule has 4 nitrogen and oxygen atoms in total. The molecule has 0 radical (unpaired) electrons. The maximum atomic E-state index is 12.7. The van der Waals surface area contributed by atoms with Crippen molar-refractivity contribution in [3.63, 3.8) is 0 Å². The van der Waals surface area contributed by atoms with Gasteiger partial charge in [-0.25, -0.2) is 4.98 Å². The highest BCUT2D eigenvalue weighted by Gasteiger charge is 2.28. The Morgan fingerprint density at radius 3 is 2.80 bits per heavy atom. The number of rotatable bonds is 3. The molecule has 3 aromatic rings. The lowest BCUT2D eigenvalue weighted by Crippen LogP contribution is -2.28. The minimum atomic E-state index is -0.00114. The number of aryl methyl sites for hydroxylation is 3. The van der Waals surface area contributed by atoms with E-state index in [9.17, 15) is 4.79 Å². The van der Waals surface area contributed by atoms with Crippen LogP contribution in [0, 0.1) is 12.8 Å². The number of anilines is 1. The molecule has 4 heteroatoms. The highest BCUT2D eigenvalue weighted by Crippen LogP contribution is 2.27. The SMILES string of the molecule is CCc1ccc(NC(=O)C2CCc3nc4ccc(C)cn4c3C2)cc1. The van der Waals surface area contributed by atoms with E-state index >= 15 is 0 Å². The van der Waals surface area contributed by atoms with Crippen molar-refractivity contribution in [2.24, 2.45) is 5.92 Å². The van der Waals surface area contributed by atoms with Crippen molar-refractivity contribution >= 4 is 17.2 Å². The summed E-state index contributed by atoms with van der Waals surface area (Å²) in [6.07, 6.45) is 5.59. The summed E-state index contributed by atoms with van der Waals surface area (Å²) in [6, 6.07) is 12.3. The molecule has 0 spiro atoms. The predicted octanol–water partition coefficient (Wildman–Crippen LogP) is 3.95. The van der Waals surface area contributed by atoms with Crippen molar-refractivity contribution < 1.29 is 4.79 Å². The monoisotopic (exact) mass is 333 g/mol. The number of nitrogens with zero attached hydrogens (tertiary/aromatic N) is 2. The van der Waals surface area contributed by atoms with Crippen LogP contribution >= 0.6 is 0 Å². The molecule has 1 aliphatic carbocycles. The fourth-order valence-corrected chi connectivity index (χ4v) is 3.60. The highest BCUT2D eigenvalue weighted by atomic mass is 16.1. The summed E-state index contributed by atoms with van der Waals surface area (Å²) in [5, 5.41) is 3.08. The molecule has 1 unspecified atom stereocenters. The van der Waals surface area contributed by atoms with Crippen molar-refractivity contribution in [3.8, 4) is 0 Å². The van der Waals surface area contributed by atoms with E-state index < -0.39 is 0 Å². The number of benzene rings is 1. The van der Waals surface area contributed by atoms with Crippen LogP contribution < -0.4 is 5.32 Å². The van der Waals surface area contributed by atoms with Crippen LogP contribution in [0.5, 0.6) is 0 Å². The minimum absolute atomic E-state index is 0.00114. The van der Waals surface area contributed by atoms with Gasteiger partial charge in [0.1, 0.15) is 5.65 Å². The summed E-state index contributed by atoms with van der Waals surface area (Å²) >= 11 is 0. The molecular formula is C21H23N3O. The van der Waals surface area contributed by atoms with Gasteiger partial charge in [0, 0.05) is 29.9 Å². The van der Waals surface area contributed by atoms with E-state index in [4.69, 9.17) is 4.98 Å². The topological polar surface area (TPSA) is 46.4 Å². The third-order valence-electron chi connectivity index (χ3n) is 5.12. The molecular weight excluding hydrogens is 310 g/mol. The number of imidazole rings is 1. The standard InChI is InChI=1S/C21H23N3O/c1-3-15-5-8-17(9-6-15)22-21(25)16-7-10-18-19(12-16)24-13-14(2)4-11-20(24)23-18/h4-6,8-9,11,13,16H,3,7,10,12H2,1-2H3,(H,22,25). The van der Waals surface area contributed by atoms with Crippen LogP contribution in [0.2, 0.25) is 0 Å². The number of nitrogens with one attached hydrogen (secondary N) is 1. The van der Waals surface area contributed by atoms with E-state index in [1.807, 2.05) is 12.1 Å². The van der Waals surface area contributed by atoms with E-state index in [0.29, 0.717) is 0 Å². The van der Waals surface area contributed by atoms with Gasteiger partial charge in [0.15, 0.2) is 0 Å². The Bertz CT molecular complexity index is 924. The number of amides is 1. The molecule has 25 heavy (non-hydrogen) atoms. The average Bonchev–Trinajstić information content (AvgIpc) is 2.99. The third-order valence-corrected chi connectivity index (χ3v) is 5.12. The fraction of sp³-hybridized carbons (Fsp3) is 0.333. The number of carbonyl (C=O) groups is 1. The Morgan fingerprint density at radius 2 is 2.04 bits per heavy atom. The van der Waals surface area contributed by atoms with Gasteiger partial charge in [0.05, 0.1) is 5.69 Å². The molecule has 0 saturated heterocycles. The fourth-order valence-electron chi connectivity index (χ4n) is 3.60. The van der Waals surface area contributed by atoms with Crippen molar-refractivity contribution in [3.05, 3.63) is 65.1 Å². The van der Waals surface area contributed by atoms with Crippen molar-refractivity contribution in [2.75, 3.05) is 5.32 Å². The van der Waals surface area contributed by atoms with Gasteiger partial charge in [-0.05, 0) is 55.5 Å². The van der Waals surface area contributed by atoms with Crippen LogP contribution in [0.4, 0.5) is 5.69 Å². The van der Waals surface area contributed by atoms with Crippen LogP contribution in [-0.4, -0.2) is 15.3 Å². The summed E-state index contributed by atoms with van der Waals surface area (Å²) in [7, 11) is 0. The number of hydrogen-bond acceptors (Lipinski definition) is 2. The molecule has 2 heterocycles. The number of aromatic nitrogens is 2. The highest BCUT2D eigenvalue weighted by molar-refractivity contribution is 5.92. The Hall–Kier alpha value is -2.62. The van der Waals surface area contributed by atoms with Gasteiger partial charge < -0.3 is 9.72 Å². The minimum Gasteiger partial charge on any atom is -0.326 e. The Balaban J connectivity index is 1.53. The number of pyridine rings is 1. The summed E-state index contributed by atoms with van der Waals surface area (Å²) in [5.74, 6) is 0.108. The lowest BCUT2D eigenvalue weighted by atomic mass is 9.89. The molecule has 1 atom stereocenters. The Labute approximate surface area is 147 Å². The molecule has 0 bridgehead atoms. The lowest BCUT2D eigenvalue weighted by molar-refractivity contribution is -0.120. The van der Waals surface area contributed by atoms with Crippen LogP contribution in [0.25, 0.3) is 5.65 Å². The van der Waals surface area contributed by atoms with Crippen LogP contribution in [0.1, 0.15) is 35.9 Å². The maximum absolute atomic E-state index is 12.7. The zero-order chi connectivity index (χ0) is 17.4. The molecule has 2 aromatic heterocycles. The summed E-state index contributed by atoms with van der Waals surface area (Å²) in [5.41, 5.74) is 6.67. The van der Waals surface area contributed by atoms with Crippen molar-refractivity contribution in [1.29, 1.82) is 0 Å². The van der Waals surface area contributed by atoms with Gasteiger partial charge in [-0.2, -0.15) is 0 Å². The average molecular weight is 333 g/mol.